The summed E-state index contributed by atoms with van der Waals surface area (Å²) in [5, 5.41) is 13.3. The molecule has 1 saturated carbocycles. The normalized spacial score (nSPS) is 17.6. The highest BCUT2D eigenvalue weighted by Gasteiger charge is 2.30. The Labute approximate surface area is 205 Å². The second-order valence-electron chi connectivity index (χ2n) is 8.52. The molecule has 8 nitrogen and oxygen atoms in total. The molecule has 32 heavy (non-hydrogen) atoms. The van der Waals surface area contributed by atoms with Gasteiger partial charge < -0.3 is 19.9 Å². The average molecular weight is 583 g/mol. The molecule has 1 aliphatic carbocycles. The van der Waals surface area contributed by atoms with Crippen LogP contribution in [0.2, 0.25) is 0 Å². The van der Waals surface area contributed by atoms with Crippen LogP contribution in [0.25, 0.3) is 0 Å². The molecule has 0 aliphatic heterocycles. The summed E-state index contributed by atoms with van der Waals surface area (Å²) in [7, 11) is -2.32. The Balaban J connectivity index is 2.02. The Hall–Kier alpha value is -1.11. The summed E-state index contributed by atoms with van der Waals surface area (Å²) in [6.07, 6.45) is 4.31. The Kier molecular flexibility index (Phi) is 11.0. The third-order valence-electron chi connectivity index (χ3n) is 5.33. The summed E-state index contributed by atoms with van der Waals surface area (Å²) in [6.45, 7) is 3.91. The van der Waals surface area contributed by atoms with Crippen LogP contribution in [0.5, 0.6) is 5.75 Å². The molecule has 1 amide bonds. The number of nitrogens with zero attached hydrogens (tertiary/aromatic N) is 1. The summed E-state index contributed by atoms with van der Waals surface area (Å²) < 4.78 is 37.6. The number of alkyl carbamates (subject to hydrolysis) is 1. The fraction of sp³-hybridized carbons (Fsp3) is 0.682. The number of ether oxygens (including phenoxy) is 2. The quantitative estimate of drug-likeness (QED) is 0.188. The fourth-order valence-electron chi connectivity index (χ4n) is 3.63. The van der Waals surface area contributed by atoms with Gasteiger partial charge in [-0.15, -0.1) is 0 Å². The number of methoxy groups -OCH3 is 1. The number of hydrogen-bond donors (Lipinski definition) is 2. The zero-order valence-electron chi connectivity index (χ0n) is 19.0. The number of benzene rings is 1. The van der Waals surface area contributed by atoms with Crippen molar-refractivity contribution in [3.05, 3.63) is 24.3 Å². The number of aliphatic hydroxyl groups is 1. The highest BCUT2D eigenvalue weighted by molar-refractivity contribution is 14.1. The molecular formula is C22H35IN2O6S. The minimum atomic E-state index is -3.83. The summed E-state index contributed by atoms with van der Waals surface area (Å²) in [5.41, 5.74) is 0. The van der Waals surface area contributed by atoms with Crippen molar-refractivity contribution in [1.29, 1.82) is 0 Å². The van der Waals surface area contributed by atoms with Gasteiger partial charge in [0.15, 0.2) is 0 Å². The molecule has 0 heterocycles. The van der Waals surface area contributed by atoms with E-state index in [9.17, 15) is 18.3 Å². The minimum absolute atomic E-state index is 0.0519. The smallest absolute Gasteiger partial charge is 0.408 e. The number of amides is 1. The second-order valence-corrected chi connectivity index (χ2v) is 11.8. The predicted octanol–water partition coefficient (Wildman–Crippen LogP) is 3.91. The van der Waals surface area contributed by atoms with E-state index in [-0.39, 0.29) is 30.0 Å². The highest BCUT2D eigenvalue weighted by atomic mass is 127. The molecule has 0 saturated heterocycles. The van der Waals surface area contributed by atoms with E-state index in [0.29, 0.717) is 5.75 Å². The van der Waals surface area contributed by atoms with Crippen LogP contribution < -0.4 is 10.1 Å². The molecule has 2 atom stereocenters. The molecule has 2 rings (SSSR count). The van der Waals surface area contributed by atoms with E-state index in [1.165, 1.54) is 23.5 Å². The third kappa shape index (κ3) is 8.35. The largest absolute Gasteiger partial charge is 0.497 e. The number of alkyl halides is 1. The fourth-order valence-corrected chi connectivity index (χ4v) is 5.73. The molecule has 2 N–H and O–H groups in total. The number of nitrogens with one attached hydrogen (secondary N) is 1. The van der Waals surface area contributed by atoms with E-state index in [0.717, 1.165) is 38.5 Å². The van der Waals surface area contributed by atoms with Gasteiger partial charge in [0.05, 0.1) is 18.1 Å². The summed E-state index contributed by atoms with van der Waals surface area (Å²) in [5.74, 6) is 0.610. The van der Waals surface area contributed by atoms with Crippen LogP contribution in [0.1, 0.15) is 52.4 Å². The van der Waals surface area contributed by atoms with Crippen molar-refractivity contribution >= 4 is 38.7 Å². The zero-order chi connectivity index (χ0) is 23.7. The summed E-state index contributed by atoms with van der Waals surface area (Å²) in [6, 6.07) is 6.14. The summed E-state index contributed by atoms with van der Waals surface area (Å²) >= 11 is 1.90. The lowest BCUT2D eigenvalue weighted by Gasteiger charge is -2.28. The van der Waals surface area contributed by atoms with Crippen molar-refractivity contribution in [3.63, 3.8) is 0 Å². The van der Waals surface area contributed by atoms with Crippen LogP contribution in [0, 0.1) is 5.92 Å². The Morgan fingerprint density at radius 2 is 1.75 bits per heavy atom. The molecule has 0 aromatic heterocycles. The molecule has 0 bridgehead atoms. The molecule has 1 aromatic carbocycles. The van der Waals surface area contributed by atoms with Gasteiger partial charge in [0, 0.05) is 13.1 Å². The molecule has 0 spiro atoms. The van der Waals surface area contributed by atoms with Crippen molar-refractivity contribution in [2.75, 3.05) is 20.2 Å². The lowest BCUT2D eigenvalue weighted by atomic mass is 10.2. The molecule has 0 radical (unpaired) electrons. The number of rotatable bonds is 10. The first kappa shape index (κ1) is 27.1. The Morgan fingerprint density at radius 3 is 2.28 bits per heavy atom. The van der Waals surface area contributed by atoms with Crippen molar-refractivity contribution in [2.24, 2.45) is 5.92 Å². The number of sulfonamides is 1. The van der Waals surface area contributed by atoms with E-state index >= 15 is 0 Å². The lowest BCUT2D eigenvalue weighted by molar-refractivity contribution is 0.0791. The van der Waals surface area contributed by atoms with Crippen molar-refractivity contribution in [2.45, 2.75) is 73.5 Å². The summed E-state index contributed by atoms with van der Waals surface area (Å²) in [4.78, 5) is 12.4. The van der Waals surface area contributed by atoms with Gasteiger partial charge in [-0.1, -0.05) is 49.3 Å². The van der Waals surface area contributed by atoms with Crippen LogP contribution in [0.4, 0.5) is 4.79 Å². The molecule has 1 aromatic rings. The van der Waals surface area contributed by atoms with Crippen LogP contribution in [0.3, 0.4) is 0 Å². The van der Waals surface area contributed by atoms with Gasteiger partial charge in [-0.3, -0.25) is 0 Å². The Bertz CT molecular complexity index is 810. The van der Waals surface area contributed by atoms with Gasteiger partial charge in [-0.2, -0.15) is 4.31 Å². The molecule has 1 aliphatic rings. The maximum Gasteiger partial charge on any atom is 0.408 e. The topological polar surface area (TPSA) is 105 Å². The van der Waals surface area contributed by atoms with E-state index in [1.807, 2.05) is 36.4 Å². The standard InChI is InChI=1S/C22H35IN2O6S/c1-16(2)14-25(32(28,29)19-12-10-17(30-3)11-13-19)15-20(26)21(23)24-22(27)31-18-8-6-4-5-7-9-18/h10-13,16,18,20-21,26H,4-9,14-15H2,1-3H3,(H,24,27). The van der Waals surface area contributed by atoms with Gasteiger partial charge in [-0.25, -0.2) is 13.2 Å². The SMILES string of the molecule is COc1ccc(S(=O)(=O)N(CC(C)C)CC(O)C(I)NC(=O)OC2CCCCCC2)cc1. The van der Waals surface area contributed by atoms with Gasteiger partial charge in [0.25, 0.3) is 0 Å². The van der Waals surface area contributed by atoms with E-state index < -0.39 is 26.3 Å². The minimum Gasteiger partial charge on any atom is -0.497 e. The number of hydrogen-bond acceptors (Lipinski definition) is 6. The van der Waals surface area contributed by atoms with Crippen molar-refractivity contribution < 1.29 is 27.8 Å². The van der Waals surface area contributed by atoms with Gasteiger partial charge in [0.2, 0.25) is 10.0 Å². The first-order chi connectivity index (χ1) is 15.1. The van der Waals surface area contributed by atoms with Crippen molar-refractivity contribution in [3.8, 4) is 5.75 Å². The van der Waals surface area contributed by atoms with Crippen LogP contribution >= 0.6 is 22.6 Å². The van der Waals surface area contributed by atoms with Gasteiger partial charge >= 0.3 is 6.09 Å². The molecule has 182 valence electrons. The monoisotopic (exact) mass is 582 g/mol. The predicted molar refractivity (Wildman–Crippen MR) is 132 cm³/mol. The van der Waals surface area contributed by atoms with Gasteiger partial charge in [-0.05, 0) is 55.9 Å². The van der Waals surface area contributed by atoms with Crippen LogP contribution in [-0.4, -0.2) is 60.4 Å². The molecule has 10 heteroatoms. The van der Waals surface area contributed by atoms with E-state index in [1.54, 1.807) is 12.1 Å². The number of carbonyl (C=O) groups is 1. The number of halogens is 1. The molecule has 2 unspecified atom stereocenters. The first-order valence-corrected chi connectivity index (χ1v) is 13.8. The van der Waals surface area contributed by atoms with Gasteiger partial charge in [0.1, 0.15) is 15.9 Å². The van der Waals surface area contributed by atoms with Crippen molar-refractivity contribution in [1.82, 2.24) is 9.62 Å². The average Bonchev–Trinajstić information content (AvgIpc) is 3.01. The van der Waals surface area contributed by atoms with Crippen LogP contribution in [0.15, 0.2) is 29.2 Å². The zero-order valence-corrected chi connectivity index (χ0v) is 22.0. The number of carbonyl (C=O) groups excluding carboxylic acids is 1. The second kappa shape index (κ2) is 13.0. The lowest BCUT2D eigenvalue weighted by Crippen LogP contribution is -2.48. The Morgan fingerprint density at radius 1 is 1.16 bits per heavy atom. The molecule has 1 fully saturated rings. The maximum absolute atomic E-state index is 13.2. The maximum atomic E-state index is 13.2. The third-order valence-corrected chi connectivity index (χ3v) is 8.31. The van der Waals surface area contributed by atoms with E-state index in [2.05, 4.69) is 5.32 Å². The van der Waals surface area contributed by atoms with Crippen LogP contribution in [-0.2, 0) is 14.8 Å². The first-order valence-electron chi connectivity index (χ1n) is 11.1. The van der Waals surface area contributed by atoms with E-state index in [4.69, 9.17) is 9.47 Å². The molecular weight excluding hydrogens is 547 g/mol. The highest BCUT2D eigenvalue weighted by Crippen LogP contribution is 2.22. The number of aliphatic hydroxyl groups excluding tert-OH is 1.